The van der Waals surface area contributed by atoms with E-state index in [0.29, 0.717) is 6.42 Å². The van der Waals surface area contributed by atoms with Crippen LogP contribution in [0.3, 0.4) is 0 Å². The van der Waals surface area contributed by atoms with Gasteiger partial charge in [0.05, 0.1) is 6.04 Å². The molecule has 0 spiro atoms. The van der Waals surface area contributed by atoms with Crippen molar-refractivity contribution in [2.24, 2.45) is 5.73 Å². The van der Waals surface area contributed by atoms with Crippen molar-refractivity contribution in [2.45, 2.75) is 31.8 Å². The van der Waals surface area contributed by atoms with Crippen LogP contribution < -0.4 is 11.1 Å². The number of hydrogen-bond donors (Lipinski definition) is 2. The van der Waals surface area contributed by atoms with E-state index in [0.717, 1.165) is 16.9 Å². The average molecular weight is 288 g/mol. The van der Waals surface area contributed by atoms with Gasteiger partial charge in [0.2, 0.25) is 5.91 Å². The summed E-state index contributed by atoms with van der Waals surface area (Å²) >= 11 is 1.65. The molecule has 3 N–H and O–H groups in total. The Kier molecular flexibility index (Phi) is 5.32. The van der Waals surface area contributed by atoms with Gasteiger partial charge in [-0.25, -0.2) is 0 Å². The van der Waals surface area contributed by atoms with E-state index in [9.17, 15) is 4.79 Å². The third kappa shape index (κ3) is 3.92. The van der Waals surface area contributed by atoms with Crippen molar-refractivity contribution < 1.29 is 4.79 Å². The summed E-state index contributed by atoms with van der Waals surface area (Å²) in [6.45, 7) is 1.99. The highest BCUT2D eigenvalue weighted by molar-refractivity contribution is 7.10. The molecule has 106 valence electrons. The molecule has 2 atom stereocenters. The van der Waals surface area contributed by atoms with Crippen LogP contribution in [-0.2, 0) is 4.79 Å². The third-order valence-electron chi connectivity index (χ3n) is 3.24. The lowest BCUT2D eigenvalue weighted by atomic mass is 10.0. The molecule has 2 rings (SSSR count). The molecule has 0 radical (unpaired) electrons. The summed E-state index contributed by atoms with van der Waals surface area (Å²) in [6.07, 6.45) is 1.17. The van der Waals surface area contributed by atoms with E-state index < -0.39 is 0 Å². The second kappa shape index (κ2) is 7.22. The number of hydrogen-bond acceptors (Lipinski definition) is 3. The largest absolute Gasteiger partial charge is 0.344 e. The lowest BCUT2D eigenvalue weighted by molar-refractivity contribution is -0.121. The van der Waals surface area contributed by atoms with Crippen molar-refractivity contribution in [1.82, 2.24) is 5.32 Å². The molecule has 1 aromatic heterocycles. The van der Waals surface area contributed by atoms with Gasteiger partial charge in [0.15, 0.2) is 0 Å². The fourth-order valence-corrected chi connectivity index (χ4v) is 2.82. The molecule has 2 unspecified atom stereocenters. The zero-order chi connectivity index (χ0) is 14.4. The van der Waals surface area contributed by atoms with Gasteiger partial charge in [0, 0.05) is 17.3 Å². The Balaban J connectivity index is 2.14. The molecule has 1 aromatic carbocycles. The number of rotatable bonds is 6. The molecule has 0 aliphatic rings. The Bertz CT molecular complexity index is 525. The van der Waals surface area contributed by atoms with Crippen molar-refractivity contribution in [3.8, 4) is 0 Å². The standard InChI is InChI=1S/C16H20N2OS/c1-2-13(17)11-15(19)18-16(14-9-6-10-20-14)12-7-4-3-5-8-12/h3-10,13,16H,2,11,17H2,1H3,(H,18,19). The van der Waals surface area contributed by atoms with Gasteiger partial charge in [-0.1, -0.05) is 43.3 Å². The van der Waals surface area contributed by atoms with Gasteiger partial charge in [0.1, 0.15) is 0 Å². The summed E-state index contributed by atoms with van der Waals surface area (Å²) in [5, 5.41) is 5.12. The van der Waals surface area contributed by atoms with Crippen molar-refractivity contribution in [3.63, 3.8) is 0 Å². The summed E-state index contributed by atoms with van der Waals surface area (Å²) in [6, 6.07) is 13.9. The van der Waals surface area contributed by atoms with Gasteiger partial charge in [-0.2, -0.15) is 0 Å². The summed E-state index contributed by atoms with van der Waals surface area (Å²) in [5.74, 6) is 0.00148. The number of nitrogens with one attached hydrogen (secondary N) is 1. The van der Waals surface area contributed by atoms with Crippen LogP contribution >= 0.6 is 11.3 Å². The topological polar surface area (TPSA) is 55.1 Å². The Morgan fingerprint density at radius 3 is 2.60 bits per heavy atom. The lowest BCUT2D eigenvalue weighted by Gasteiger charge is -2.19. The first-order valence-corrected chi connectivity index (χ1v) is 7.72. The molecule has 1 heterocycles. The van der Waals surface area contributed by atoms with Crippen molar-refractivity contribution in [3.05, 3.63) is 58.3 Å². The van der Waals surface area contributed by atoms with Gasteiger partial charge in [-0.3, -0.25) is 4.79 Å². The maximum Gasteiger partial charge on any atom is 0.222 e. The fourth-order valence-electron chi connectivity index (χ4n) is 2.02. The molecule has 2 aromatic rings. The average Bonchev–Trinajstić information content (AvgIpc) is 2.99. The van der Waals surface area contributed by atoms with Gasteiger partial charge >= 0.3 is 0 Å². The van der Waals surface area contributed by atoms with Gasteiger partial charge in [0.25, 0.3) is 0 Å². The highest BCUT2D eigenvalue weighted by Gasteiger charge is 2.18. The molecule has 4 heteroatoms. The van der Waals surface area contributed by atoms with E-state index in [1.54, 1.807) is 11.3 Å². The quantitative estimate of drug-likeness (QED) is 0.858. The van der Waals surface area contributed by atoms with Crippen LogP contribution in [0.25, 0.3) is 0 Å². The van der Waals surface area contributed by atoms with Crippen molar-refractivity contribution in [1.29, 1.82) is 0 Å². The summed E-state index contributed by atoms with van der Waals surface area (Å²) < 4.78 is 0. The molecule has 0 aliphatic carbocycles. The molecule has 1 amide bonds. The third-order valence-corrected chi connectivity index (χ3v) is 4.18. The lowest BCUT2D eigenvalue weighted by Crippen LogP contribution is -2.34. The van der Waals surface area contributed by atoms with E-state index in [-0.39, 0.29) is 18.0 Å². The van der Waals surface area contributed by atoms with E-state index in [1.807, 2.05) is 54.8 Å². The zero-order valence-electron chi connectivity index (χ0n) is 11.6. The monoisotopic (exact) mass is 288 g/mol. The number of amides is 1. The fraction of sp³-hybridized carbons (Fsp3) is 0.312. The van der Waals surface area contributed by atoms with E-state index >= 15 is 0 Å². The SMILES string of the molecule is CCC(N)CC(=O)NC(c1ccccc1)c1cccs1. The van der Waals surface area contributed by atoms with Crippen LogP contribution in [0, 0.1) is 0 Å². The number of carbonyl (C=O) groups excluding carboxylic acids is 1. The normalized spacial score (nSPS) is 13.7. The Labute approximate surface area is 123 Å². The van der Waals surface area contributed by atoms with E-state index in [1.165, 1.54) is 0 Å². The second-order valence-electron chi connectivity index (χ2n) is 4.80. The Morgan fingerprint density at radius 2 is 2.00 bits per heavy atom. The molecular weight excluding hydrogens is 268 g/mol. The summed E-state index contributed by atoms with van der Waals surface area (Å²) in [5.41, 5.74) is 6.94. The Hall–Kier alpha value is -1.65. The molecule has 0 aliphatic heterocycles. The van der Waals surface area contributed by atoms with Gasteiger partial charge in [-0.15, -0.1) is 11.3 Å². The molecule has 20 heavy (non-hydrogen) atoms. The first kappa shape index (κ1) is 14.8. The molecule has 0 saturated carbocycles. The van der Waals surface area contributed by atoms with Gasteiger partial charge in [-0.05, 0) is 23.4 Å². The summed E-state index contributed by atoms with van der Waals surface area (Å²) in [7, 11) is 0. The second-order valence-corrected chi connectivity index (χ2v) is 5.78. The summed E-state index contributed by atoms with van der Waals surface area (Å²) in [4.78, 5) is 13.2. The smallest absolute Gasteiger partial charge is 0.222 e. The molecule has 0 fully saturated rings. The highest BCUT2D eigenvalue weighted by atomic mass is 32.1. The molecular formula is C16H20N2OS. The highest BCUT2D eigenvalue weighted by Crippen LogP contribution is 2.26. The predicted octanol–water partition coefficient (Wildman–Crippen LogP) is 3.08. The first-order valence-electron chi connectivity index (χ1n) is 6.84. The van der Waals surface area contributed by atoms with Crippen LogP contribution in [0.2, 0.25) is 0 Å². The molecule has 3 nitrogen and oxygen atoms in total. The maximum absolute atomic E-state index is 12.1. The predicted molar refractivity (Wildman–Crippen MR) is 83.6 cm³/mol. The van der Waals surface area contributed by atoms with Crippen LogP contribution in [-0.4, -0.2) is 11.9 Å². The minimum absolute atomic E-state index is 0.00148. The number of carbonyl (C=O) groups is 1. The first-order chi connectivity index (χ1) is 9.70. The zero-order valence-corrected chi connectivity index (χ0v) is 12.4. The number of nitrogens with two attached hydrogens (primary N) is 1. The minimum Gasteiger partial charge on any atom is -0.344 e. The van der Waals surface area contributed by atoms with E-state index in [2.05, 4.69) is 5.32 Å². The van der Waals surface area contributed by atoms with Crippen LogP contribution in [0.1, 0.15) is 36.2 Å². The van der Waals surface area contributed by atoms with Crippen LogP contribution in [0.15, 0.2) is 47.8 Å². The molecule has 0 saturated heterocycles. The van der Waals surface area contributed by atoms with Crippen LogP contribution in [0.4, 0.5) is 0 Å². The maximum atomic E-state index is 12.1. The van der Waals surface area contributed by atoms with Crippen molar-refractivity contribution in [2.75, 3.05) is 0 Å². The Morgan fingerprint density at radius 1 is 1.25 bits per heavy atom. The van der Waals surface area contributed by atoms with E-state index in [4.69, 9.17) is 5.73 Å². The van der Waals surface area contributed by atoms with Crippen molar-refractivity contribution >= 4 is 17.2 Å². The molecule has 0 bridgehead atoms. The van der Waals surface area contributed by atoms with Crippen LogP contribution in [0.5, 0.6) is 0 Å². The van der Waals surface area contributed by atoms with Gasteiger partial charge < -0.3 is 11.1 Å². The number of thiophene rings is 1. The number of benzene rings is 1. The minimum atomic E-state index is -0.0900.